The highest BCUT2D eigenvalue weighted by Crippen LogP contribution is 2.29. The maximum absolute atomic E-state index is 13.5. The summed E-state index contributed by atoms with van der Waals surface area (Å²) in [5, 5.41) is 14.2. The van der Waals surface area contributed by atoms with Crippen molar-refractivity contribution < 1.29 is 19.1 Å². The smallest absolute Gasteiger partial charge is 0.339 e. The van der Waals surface area contributed by atoms with Gasteiger partial charge in [-0.2, -0.15) is 0 Å². The fourth-order valence-electron chi connectivity index (χ4n) is 4.27. The van der Waals surface area contributed by atoms with E-state index in [0.29, 0.717) is 42.3 Å². The van der Waals surface area contributed by atoms with Gasteiger partial charge < -0.3 is 20.1 Å². The molecule has 3 N–H and O–H groups in total. The lowest BCUT2D eigenvalue weighted by atomic mass is 9.95. The van der Waals surface area contributed by atoms with Gasteiger partial charge in [0.25, 0.3) is 5.91 Å². The zero-order chi connectivity index (χ0) is 29.9. The summed E-state index contributed by atoms with van der Waals surface area (Å²) in [4.78, 5) is 30.9. The third-order valence-electron chi connectivity index (χ3n) is 6.46. The predicted octanol–water partition coefficient (Wildman–Crippen LogP) is 6.47. The first-order chi connectivity index (χ1) is 20.4. The lowest BCUT2D eigenvalue weighted by Crippen LogP contribution is -2.27. The second kappa shape index (κ2) is 14.6. The molecule has 0 bridgehead atoms. The summed E-state index contributed by atoms with van der Waals surface area (Å²) in [6.07, 6.45) is 1.70. The van der Waals surface area contributed by atoms with Gasteiger partial charge in [-0.15, -0.1) is 0 Å². The molecule has 0 aliphatic rings. The van der Waals surface area contributed by atoms with E-state index in [1.54, 1.807) is 24.4 Å². The normalized spacial score (nSPS) is 10.7. The van der Waals surface area contributed by atoms with Gasteiger partial charge in [0.1, 0.15) is 6.61 Å². The Labute approximate surface area is 246 Å². The summed E-state index contributed by atoms with van der Waals surface area (Å²) >= 11 is 0. The van der Waals surface area contributed by atoms with Gasteiger partial charge in [0.05, 0.1) is 24.4 Å². The van der Waals surface area contributed by atoms with Crippen LogP contribution in [-0.2, 0) is 22.6 Å². The quantitative estimate of drug-likeness (QED) is 0.103. The van der Waals surface area contributed by atoms with Crippen molar-refractivity contribution in [1.29, 1.82) is 5.41 Å². The van der Waals surface area contributed by atoms with Crippen LogP contribution in [0.4, 0.5) is 5.69 Å². The molecule has 0 radical (unpaired) electrons. The van der Waals surface area contributed by atoms with E-state index in [4.69, 9.17) is 14.9 Å². The Kier molecular flexibility index (Phi) is 10.4. The standard InChI is InChI=1S/C34H36N4O4/c1-4-41-32(35)25-12-15-27(16-13-25)37-21-31-29(11-8-18-36-31)28-17-14-26(33(39)38-20-23(2)3)19-30(28)34(40)42-22-24-9-6-5-7-10-24/h5-19,23,35,37H,4,20-22H2,1-3H3,(H,38,39). The predicted molar refractivity (Wildman–Crippen MR) is 165 cm³/mol. The number of aromatic nitrogens is 1. The van der Waals surface area contributed by atoms with Crippen LogP contribution in [0.25, 0.3) is 11.1 Å². The van der Waals surface area contributed by atoms with Crippen molar-refractivity contribution in [2.45, 2.75) is 33.9 Å². The van der Waals surface area contributed by atoms with Crippen LogP contribution in [0, 0.1) is 11.3 Å². The number of hydrogen-bond acceptors (Lipinski definition) is 7. The van der Waals surface area contributed by atoms with Gasteiger partial charge in [0.15, 0.2) is 0 Å². The van der Waals surface area contributed by atoms with Crippen molar-refractivity contribution in [2.75, 3.05) is 18.5 Å². The van der Waals surface area contributed by atoms with Crippen molar-refractivity contribution in [3.63, 3.8) is 0 Å². The molecular formula is C34H36N4O4. The summed E-state index contributed by atoms with van der Waals surface area (Å²) in [5.74, 6) is -0.352. The molecule has 8 nitrogen and oxygen atoms in total. The molecule has 216 valence electrons. The number of hydrogen-bond donors (Lipinski definition) is 3. The van der Waals surface area contributed by atoms with Crippen molar-refractivity contribution in [3.8, 4) is 11.1 Å². The van der Waals surface area contributed by atoms with Crippen molar-refractivity contribution in [3.05, 3.63) is 119 Å². The topological polar surface area (TPSA) is 113 Å². The highest BCUT2D eigenvalue weighted by molar-refractivity contribution is 6.02. The number of carbonyl (C=O) groups excluding carboxylic acids is 2. The van der Waals surface area contributed by atoms with Crippen LogP contribution in [0.2, 0.25) is 0 Å². The molecule has 1 aromatic heterocycles. The lowest BCUT2D eigenvalue weighted by molar-refractivity contribution is 0.0473. The number of amides is 1. The molecule has 4 rings (SSSR count). The van der Waals surface area contributed by atoms with Gasteiger partial charge >= 0.3 is 5.97 Å². The van der Waals surface area contributed by atoms with Gasteiger partial charge in [-0.3, -0.25) is 15.2 Å². The Balaban J connectivity index is 1.61. The summed E-state index contributed by atoms with van der Waals surface area (Å²) in [7, 11) is 0. The van der Waals surface area contributed by atoms with Crippen LogP contribution in [0.15, 0.2) is 91.1 Å². The first-order valence-corrected chi connectivity index (χ1v) is 14.0. The maximum atomic E-state index is 13.5. The van der Waals surface area contributed by atoms with E-state index in [0.717, 1.165) is 22.5 Å². The number of esters is 1. The molecule has 0 unspecified atom stereocenters. The number of pyridine rings is 1. The average molecular weight is 565 g/mol. The molecule has 0 saturated carbocycles. The fraction of sp³-hybridized carbons (Fsp3) is 0.235. The molecule has 0 saturated heterocycles. The number of nitrogens with one attached hydrogen (secondary N) is 3. The minimum absolute atomic E-state index is 0.112. The van der Waals surface area contributed by atoms with Crippen LogP contribution in [-0.4, -0.2) is 35.9 Å². The summed E-state index contributed by atoms with van der Waals surface area (Å²) in [5.41, 5.74) is 5.17. The molecule has 0 fully saturated rings. The minimum Gasteiger partial charge on any atom is -0.478 e. The number of nitrogens with zero attached hydrogens (tertiary/aromatic N) is 1. The SMILES string of the molecule is CCOC(=N)c1ccc(NCc2ncccc2-c2ccc(C(=O)NCC(C)C)cc2C(=O)OCc2ccccc2)cc1. The van der Waals surface area contributed by atoms with E-state index in [1.807, 2.05) is 87.5 Å². The van der Waals surface area contributed by atoms with Crippen molar-refractivity contribution >= 4 is 23.5 Å². The van der Waals surface area contributed by atoms with E-state index >= 15 is 0 Å². The van der Waals surface area contributed by atoms with Gasteiger partial charge in [0.2, 0.25) is 5.90 Å². The fourth-order valence-corrected chi connectivity index (χ4v) is 4.27. The molecule has 0 aliphatic heterocycles. The lowest BCUT2D eigenvalue weighted by Gasteiger charge is -2.16. The third-order valence-corrected chi connectivity index (χ3v) is 6.46. The molecule has 0 atom stereocenters. The van der Waals surface area contributed by atoms with Crippen LogP contribution in [0.3, 0.4) is 0 Å². The largest absolute Gasteiger partial charge is 0.478 e. The highest BCUT2D eigenvalue weighted by atomic mass is 16.5. The van der Waals surface area contributed by atoms with E-state index in [-0.39, 0.29) is 24.0 Å². The number of benzene rings is 3. The Morgan fingerprint density at radius 3 is 2.33 bits per heavy atom. The summed E-state index contributed by atoms with van der Waals surface area (Å²) in [6.45, 7) is 7.35. The van der Waals surface area contributed by atoms with Crippen LogP contribution in [0.5, 0.6) is 0 Å². The minimum atomic E-state index is -0.525. The van der Waals surface area contributed by atoms with E-state index < -0.39 is 5.97 Å². The highest BCUT2D eigenvalue weighted by Gasteiger charge is 2.20. The van der Waals surface area contributed by atoms with Crippen molar-refractivity contribution in [1.82, 2.24) is 10.3 Å². The molecule has 1 heterocycles. The first kappa shape index (κ1) is 30.0. The van der Waals surface area contributed by atoms with E-state index in [1.165, 1.54) is 0 Å². The molecule has 8 heteroatoms. The molecule has 1 amide bonds. The Hall–Kier alpha value is -4.98. The zero-order valence-corrected chi connectivity index (χ0v) is 24.1. The number of ether oxygens (including phenoxy) is 2. The van der Waals surface area contributed by atoms with Gasteiger partial charge in [-0.1, -0.05) is 56.3 Å². The van der Waals surface area contributed by atoms with Crippen LogP contribution < -0.4 is 10.6 Å². The Morgan fingerprint density at radius 1 is 0.881 bits per heavy atom. The number of carbonyl (C=O) groups is 2. The van der Waals surface area contributed by atoms with Crippen molar-refractivity contribution in [2.24, 2.45) is 5.92 Å². The molecular weight excluding hydrogens is 528 g/mol. The molecule has 3 aromatic carbocycles. The zero-order valence-electron chi connectivity index (χ0n) is 24.1. The maximum Gasteiger partial charge on any atom is 0.339 e. The first-order valence-electron chi connectivity index (χ1n) is 14.0. The second-order valence-corrected chi connectivity index (χ2v) is 10.1. The molecule has 0 aliphatic carbocycles. The monoisotopic (exact) mass is 564 g/mol. The molecule has 42 heavy (non-hydrogen) atoms. The second-order valence-electron chi connectivity index (χ2n) is 10.1. The average Bonchev–Trinajstić information content (AvgIpc) is 3.02. The number of anilines is 1. The summed E-state index contributed by atoms with van der Waals surface area (Å²) in [6, 6.07) is 25.7. The van der Waals surface area contributed by atoms with Gasteiger partial charge in [0, 0.05) is 35.1 Å². The Morgan fingerprint density at radius 2 is 1.62 bits per heavy atom. The van der Waals surface area contributed by atoms with Crippen LogP contribution >= 0.6 is 0 Å². The summed E-state index contributed by atoms with van der Waals surface area (Å²) < 4.78 is 11.0. The van der Waals surface area contributed by atoms with Gasteiger partial charge in [-0.05, 0) is 66.4 Å². The Bertz CT molecular complexity index is 1520. The van der Waals surface area contributed by atoms with Gasteiger partial charge in [-0.25, -0.2) is 4.79 Å². The number of rotatable bonds is 12. The van der Waals surface area contributed by atoms with E-state index in [2.05, 4.69) is 15.6 Å². The molecule has 4 aromatic rings. The van der Waals surface area contributed by atoms with E-state index in [9.17, 15) is 9.59 Å². The third kappa shape index (κ3) is 8.04. The molecule has 0 spiro atoms. The van der Waals surface area contributed by atoms with Crippen LogP contribution in [0.1, 0.15) is 58.3 Å².